The molecule has 126 valence electrons. The first-order chi connectivity index (χ1) is 11.2. The average Bonchev–Trinajstić information content (AvgIpc) is 2.44. The maximum atomic E-state index is 12.6. The van der Waals surface area contributed by atoms with Crippen molar-refractivity contribution in [3.8, 4) is 0 Å². The summed E-state index contributed by atoms with van der Waals surface area (Å²) >= 11 is 5.91. The predicted molar refractivity (Wildman–Crippen MR) is 89.3 cm³/mol. The van der Waals surface area contributed by atoms with Gasteiger partial charge in [-0.3, -0.25) is 14.4 Å². The van der Waals surface area contributed by atoms with Gasteiger partial charge in [-0.2, -0.15) is 0 Å². The fraction of sp³-hybridized carbons (Fsp3) is 0.389. The summed E-state index contributed by atoms with van der Waals surface area (Å²) in [4.78, 5) is 37.0. The summed E-state index contributed by atoms with van der Waals surface area (Å²) in [6.45, 7) is 3.89. The Morgan fingerprint density at radius 1 is 1.29 bits per heavy atom. The molecule has 0 bridgehead atoms. The molecule has 1 atom stereocenters. The van der Waals surface area contributed by atoms with E-state index in [2.05, 4.69) is 5.32 Å². The van der Waals surface area contributed by atoms with Crippen LogP contribution in [0, 0.1) is 11.3 Å². The minimum Gasteiger partial charge on any atom is -0.431 e. The van der Waals surface area contributed by atoms with E-state index in [1.807, 2.05) is 13.8 Å². The van der Waals surface area contributed by atoms with Crippen molar-refractivity contribution in [1.82, 2.24) is 0 Å². The predicted octanol–water partition coefficient (Wildman–Crippen LogP) is 3.48. The molecule has 1 aliphatic carbocycles. The van der Waals surface area contributed by atoms with Crippen LogP contribution in [0.3, 0.4) is 0 Å². The van der Waals surface area contributed by atoms with Gasteiger partial charge >= 0.3 is 5.97 Å². The summed E-state index contributed by atoms with van der Waals surface area (Å²) in [5.41, 5.74) is 0.590. The van der Waals surface area contributed by atoms with Crippen LogP contribution in [0.2, 0.25) is 5.02 Å². The van der Waals surface area contributed by atoms with Gasteiger partial charge in [0.15, 0.2) is 5.78 Å². The Labute approximate surface area is 145 Å². The summed E-state index contributed by atoms with van der Waals surface area (Å²) in [6, 6.07) is 6.72. The normalized spacial score (nSPS) is 22.7. The first kappa shape index (κ1) is 16.7. The molecule has 1 heterocycles. The van der Waals surface area contributed by atoms with Crippen LogP contribution >= 0.6 is 11.6 Å². The molecule has 0 saturated carbocycles. The summed E-state index contributed by atoms with van der Waals surface area (Å²) < 4.78 is 5.26. The minimum absolute atomic E-state index is 0.125. The van der Waals surface area contributed by atoms with E-state index in [1.165, 1.54) is 0 Å². The second-order valence-corrected chi connectivity index (χ2v) is 7.44. The molecule has 1 aromatic rings. The molecule has 1 aromatic carbocycles. The van der Waals surface area contributed by atoms with Crippen molar-refractivity contribution < 1.29 is 19.1 Å². The Kier molecular flexibility index (Phi) is 4.22. The van der Waals surface area contributed by atoms with E-state index in [0.717, 1.165) is 0 Å². The third-order valence-electron chi connectivity index (χ3n) is 4.24. The number of hydrogen-bond acceptors (Lipinski definition) is 4. The molecular weight excluding hydrogens is 330 g/mol. The van der Waals surface area contributed by atoms with Crippen molar-refractivity contribution in [3.63, 3.8) is 0 Å². The number of nitrogens with one attached hydrogen (secondary N) is 1. The Balaban J connectivity index is 1.90. The van der Waals surface area contributed by atoms with Crippen LogP contribution < -0.4 is 5.32 Å². The zero-order valence-corrected chi connectivity index (χ0v) is 14.3. The highest BCUT2D eigenvalue weighted by Crippen LogP contribution is 2.42. The third-order valence-corrected chi connectivity index (χ3v) is 4.48. The molecule has 3 rings (SSSR count). The Morgan fingerprint density at radius 2 is 2.04 bits per heavy atom. The maximum absolute atomic E-state index is 12.6. The van der Waals surface area contributed by atoms with Gasteiger partial charge in [-0.1, -0.05) is 31.5 Å². The fourth-order valence-corrected chi connectivity index (χ4v) is 3.41. The van der Waals surface area contributed by atoms with Gasteiger partial charge in [0, 0.05) is 29.1 Å². The largest absolute Gasteiger partial charge is 0.431 e. The van der Waals surface area contributed by atoms with Crippen LogP contribution in [-0.4, -0.2) is 17.7 Å². The van der Waals surface area contributed by atoms with E-state index in [9.17, 15) is 14.4 Å². The summed E-state index contributed by atoms with van der Waals surface area (Å²) in [7, 11) is 0. The van der Waals surface area contributed by atoms with E-state index in [0.29, 0.717) is 34.9 Å². The van der Waals surface area contributed by atoms with Crippen LogP contribution in [0.4, 0.5) is 5.69 Å². The van der Waals surface area contributed by atoms with E-state index < -0.39 is 17.8 Å². The molecule has 0 saturated heterocycles. The van der Waals surface area contributed by atoms with Crippen molar-refractivity contribution in [2.45, 2.75) is 33.1 Å². The van der Waals surface area contributed by atoms with E-state index >= 15 is 0 Å². The van der Waals surface area contributed by atoms with Crippen LogP contribution in [0.25, 0.3) is 0 Å². The second-order valence-electron chi connectivity index (χ2n) is 7.01. The molecule has 0 spiro atoms. The van der Waals surface area contributed by atoms with E-state index in [1.54, 1.807) is 24.3 Å². The molecule has 6 heteroatoms. The molecule has 1 amide bonds. The van der Waals surface area contributed by atoms with Crippen molar-refractivity contribution in [3.05, 3.63) is 40.6 Å². The highest BCUT2D eigenvalue weighted by molar-refractivity contribution is 6.30. The standard InChI is InChI=1S/C18H18ClNO4/c1-18(2)8-13(21)16-12(7-15(22)24-14(16)9-18)17(23)20-11-5-3-4-10(19)6-11/h3-6,12H,7-9H2,1-2H3,(H,20,23)/t12-/m1/s1. The smallest absolute Gasteiger partial charge is 0.312 e. The van der Waals surface area contributed by atoms with Gasteiger partial charge in [-0.05, 0) is 23.6 Å². The van der Waals surface area contributed by atoms with Gasteiger partial charge in [0.05, 0.1) is 12.3 Å². The summed E-state index contributed by atoms with van der Waals surface area (Å²) in [6.07, 6.45) is 0.683. The Bertz CT molecular complexity index is 766. The van der Waals surface area contributed by atoms with Crippen molar-refractivity contribution in [2.75, 3.05) is 5.32 Å². The van der Waals surface area contributed by atoms with Crippen LogP contribution in [0.15, 0.2) is 35.6 Å². The number of ketones is 1. The Morgan fingerprint density at radius 3 is 2.75 bits per heavy atom. The number of allylic oxidation sites excluding steroid dienone is 1. The number of ether oxygens (including phenoxy) is 1. The number of rotatable bonds is 2. The quantitative estimate of drug-likeness (QED) is 0.831. The lowest BCUT2D eigenvalue weighted by Gasteiger charge is -2.36. The fourth-order valence-electron chi connectivity index (χ4n) is 3.22. The lowest BCUT2D eigenvalue weighted by atomic mass is 9.72. The molecule has 0 fully saturated rings. The van der Waals surface area contributed by atoms with Crippen LogP contribution in [-0.2, 0) is 19.1 Å². The molecule has 1 aliphatic heterocycles. The first-order valence-corrected chi connectivity index (χ1v) is 8.16. The van der Waals surface area contributed by atoms with E-state index in [-0.39, 0.29) is 17.6 Å². The summed E-state index contributed by atoms with van der Waals surface area (Å²) in [5.74, 6) is -1.47. The SMILES string of the molecule is CC1(C)CC(=O)C2=C(C1)OC(=O)C[C@H]2C(=O)Nc1cccc(Cl)c1. The zero-order chi connectivity index (χ0) is 17.5. The van der Waals surface area contributed by atoms with E-state index in [4.69, 9.17) is 16.3 Å². The molecule has 0 radical (unpaired) electrons. The highest BCUT2D eigenvalue weighted by atomic mass is 35.5. The van der Waals surface area contributed by atoms with Crippen molar-refractivity contribution in [1.29, 1.82) is 0 Å². The molecule has 24 heavy (non-hydrogen) atoms. The van der Waals surface area contributed by atoms with Gasteiger partial charge in [-0.25, -0.2) is 0 Å². The molecule has 2 aliphatic rings. The minimum atomic E-state index is -0.816. The number of hydrogen-bond donors (Lipinski definition) is 1. The van der Waals surface area contributed by atoms with Crippen LogP contribution in [0.1, 0.15) is 33.1 Å². The number of amides is 1. The maximum Gasteiger partial charge on any atom is 0.312 e. The molecular formula is C18H18ClNO4. The number of carbonyl (C=O) groups excluding carboxylic acids is 3. The number of benzene rings is 1. The lowest BCUT2D eigenvalue weighted by Crippen LogP contribution is -2.39. The number of anilines is 1. The number of carbonyl (C=O) groups is 3. The molecule has 5 nitrogen and oxygen atoms in total. The third kappa shape index (κ3) is 3.36. The number of Topliss-reactive ketones (excluding diaryl/α,β-unsaturated/α-hetero) is 1. The van der Waals surface area contributed by atoms with Crippen LogP contribution in [0.5, 0.6) is 0 Å². The zero-order valence-electron chi connectivity index (χ0n) is 13.5. The summed E-state index contributed by atoms with van der Waals surface area (Å²) in [5, 5.41) is 3.22. The average molecular weight is 348 g/mol. The molecule has 0 unspecified atom stereocenters. The number of halogens is 1. The van der Waals surface area contributed by atoms with Gasteiger partial charge in [0.2, 0.25) is 5.91 Å². The number of esters is 1. The first-order valence-electron chi connectivity index (χ1n) is 7.78. The van der Waals surface area contributed by atoms with Gasteiger partial charge in [0.25, 0.3) is 0 Å². The lowest BCUT2D eigenvalue weighted by molar-refractivity contribution is -0.146. The molecule has 1 N–H and O–H groups in total. The van der Waals surface area contributed by atoms with Gasteiger partial charge < -0.3 is 10.1 Å². The van der Waals surface area contributed by atoms with Gasteiger partial charge in [0.1, 0.15) is 5.76 Å². The van der Waals surface area contributed by atoms with Gasteiger partial charge in [-0.15, -0.1) is 0 Å². The Hall–Kier alpha value is -2.14. The highest BCUT2D eigenvalue weighted by Gasteiger charge is 2.44. The molecule has 0 aromatic heterocycles. The monoisotopic (exact) mass is 347 g/mol. The van der Waals surface area contributed by atoms with Crippen molar-refractivity contribution >= 4 is 34.9 Å². The van der Waals surface area contributed by atoms with Crippen molar-refractivity contribution in [2.24, 2.45) is 11.3 Å². The second kappa shape index (κ2) is 6.06. The topological polar surface area (TPSA) is 72.5 Å².